The van der Waals surface area contributed by atoms with E-state index in [0.717, 1.165) is 0 Å². The van der Waals surface area contributed by atoms with Crippen LogP contribution >= 0.6 is 15.9 Å². The molecule has 1 rings (SSSR count). The standard InChI is InChI=1S/C6H2BrF3N2O2/c7-4-2(5(13)14)3(6(8,9)10)11-1-12-4/h1H,(H,13,14). The summed E-state index contributed by atoms with van der Waals surface area (Å²) in [5.74, 6) is -1.73. The number of nitrogens with zero attached hydrogens (tertiary/aromatic N) is 2. The van der Waals surface area contributed by atoms with E-state index in [4.69, 9.17) is 5.11 Å². The van der Waals surface area contributed by atoms with Gasteiger partial charge in [0.05, 0.1) is 0 Å². The summed E-state index contributed by atoms with van der Waals surface area (Å²) < 4.78 is 36.2. The summed E-state index contributed by atoms with van der Waals surface area (Å²) in [4.78, 5) is 16.7. The zero-order chi connectivity index (χ0) is 10.9. The summed E-state index contributed by atoms with van der Waals surface area (Å²) in [5.41, 5.74) is -2.45. The summed E-state index contributed by atoms with van der Waals surface area (Å²) in [6, 6.07) is 0. The Balaban J connectivity index is 3.44. The molecule has 1 heterocycles. The summed E-state index contributed by atoms with van der Waals surface area (Å²) in [7, 11) is 0. The molecule has 0 bridgehead atoms. The molecule has 0 amide bonds. The van der Waals surface area contributed by atoms with Gasteiger partial charge in [-0.3, -0.25) is 0 Å². The van der Waals surface area contributed by atoms with Gasteiger partial charge in [0.2, 0.25) is 0 Å². The topological polar surface area (TPSA) is 63.1 Å². The fourth-order valence-electron chi connectivity index (χ4n) is 0.769. The predicted molar refractivity (Wildman–Crippen MR) is 41.7 cm³/mol. The van der Waals surface area contributed by atoms with E-state index in [0.29, 0.717) is 6.33 Å². The Kier molecular flexibility index (Phi) is 2.74. The van der Waals surface area contributed by atoms with Crippen molar-refractivity contribution in [3.05, 3.63) is 22.2 Å². The maximum atomic E-state index is 12.2. The van der Waals surface area contributed by atoms with Crippen molar-refractivity contribution in [1.82, 2.24) is 9.97 Å². The molecule has 1 aromatic rings. The average molecular weight is 271 g/mol. The van der Waals surface area contributed by atoms with Crippen LogP contribution in [0.25, 0.3) is 0 Å². The molecule has 0 aromatic carbocycles. The first-order valence-electron chi connectivity index (χ1n) is 3.15. The molecule has 14 heavy (non-hydrogen) atoms. The lowest BCUT2D eigenvalue weighted by Gasteiger charge is -2.08. The van der Waals surface area contributed by atoms with Gasteiger partial charge in [0.25, 0.3) is 0 Å². The summed E-state index contributed by atoms with van der Waals surface area (Å²) in [5, 5.41) is 8.50. The summed E-state index contributed by atoms with van der Waals surface area (Å²) in [6.45, 7) is 0. The van der Waals surface area contributed by atoms with Gasteiger partial charge in [-0.05, 0) is 15.9 Å². The Labute approximate surface area is 83.9 Å². The van der Waals surface area contributed by atoms with E-state index in [1.807, 2.05) is 0 Å². The van der Waals surface area contributed by atoms with Gasteiger partial charge in [0, 0.05) is 0 Å². The maximum Gasteiger partial charge on any atom is 0.434 e. The van der Waals surface area contributed by atoms with E-state index in [1.54, 1.807) is 0 Å². The SMILES string of the molecule is O=C(O)c1c(Br)ncnc1C(F)(F)F. The lowest BCUT2D eigenvalue weighted by Crippen LogP contribution is -2.16. The third-order valence-electron chi connectivity index (χ3n) is 1.28. The van der Waals surface area contributed by atoms with Crippen molar-refractivity contribution >= 4 is 21.9 Å². The largest absolute Gasteiger partial charge is 0.478 e. The van der Waals surface area contributed by atoms with E-state index >= 15 is 0 Å². The second-order valence-electron chi connectivity index (χ2n) is 2.19. The molecule has 0 radical (unpaired) electrons. The molecule has 0 aliphatic rings. The van der Waals surface area contributed by atoms with Gasteiger partial charge >= 0.3 is 12.1 Å². The lowest BCUT2D eigenvalue weighted by molar-refractivity contribution is -0.141. The number of alkyl halides is 3. The number of rotatable bonds is 1. The van der Waals surface area contributed by atoms with Crippen LogP contribution in [-0.2, 0) is 6.18 Å². The number of aromatic carboxylic acids is 1. The highest BCUT2D eigenvalue weighted by Crippen LogP contribution is 2.32. The van der Waals surface area contributed by atoms with Gasteiger partial charge in [0.1, 0.15) is 16.5 Å². The van der Waals surface area contributed by atoms with Crippen LogP contribution < -0.4 is 0 Å². The average Bonchev–Trinajstić information content (AvgIpc) is 2.01. The monoisotopic (exact) mass is 270 g/mol. The quantitative estimate of drug-likeness (QED) is 0.793. The van der Waals surface area contributed by atoms with Crippen LogP contribution in [0.5, 0.6) is 0 Å². The van der Waals surface area contributed by atoms with Crippen LogP contribution in [0.15, 0.2) is 10.9 Å². The molecule has 4 nitrogen and oxygen atoms in total. The van der Waals surface area contributed by atoms with Crippen LogP contribution in [0.4, 0.5) is 13.2 Å². The number of aromatic nitrogens is 2. The molecule has 0 saturated carbocycles. The molecular formula is C6H2BrF3N2O2. The van der Waals surface area contributed by atoms with Crippen LogP contribution in [-0.4, -0.2) is 21.0 Å². The van der Waals surface area contributed by atoms with E-state index < -0.39 is 28.0 Å². The molecule has 0 spiro atoms. The van der Waals surface area contributed by atoms with Crippen molar-refractivity contribution in [3.8, 4) is 0 Å². The summed E-state index contributed by atoms with van der Waals surface area (Å²) in [6.07, 6.45) is -4.17. The maximum absolute atomic E-state index is 12.2. The third kappa shape index (κ3) is 2.00. The van der Waals surface area contributed by atoms with Crippen molar-refractivity contribution in [2.24, 2.45) is 0 Å². The van der Waals surface area contributed by atoms with E-state index in [1.165, 1.54) is 0 Å². The highest BCUT2D eigenvalue weighted by atomic mass is 79.9. The Bertz CT molecular complexity index is 380. The Morgan fingerprint density at radius 2 is 2.00 bits per heavy atom. The van der Waals surface area contributed by atoms with E-state index in [2.05, 4.69) is 25.9 Å². The van der Waals surface area contributed by atoms with Crippen molar-refractivity contribution in [3.63, 3.8) is 0 Å². The molecule has 0 saturated heterocycles. The van der Waals surface area contributed by atoms with Gasteiger partial charge < -0.3 is 5.11 Å². The number of hydrogen-bond donors (Lipinski definition) is 1. The van der Waals surface area contributed by atoms with Crippen LogP contribution in [0, 0.1) is 0 Å². The zero-order valence-corrected chi connectivity index (χ0v) is 7.93. The first kappa shape index (κ1) is 10.9. The Hall–Kier alpha value is -1.18. The molecule has 0 fully saturated rings. The predicted octanol–water partition coefficient (Wildman–Crippen LogP) is 1.96. The highest BCUT2D eigenvalue weighted by Gasteiger charge is 2.38. The molecule has 0 atom stereocenters. The fourth-order valence-corrected chi connectivity index (χ4v) is 1.22. The molecule has 0 aliphatic carbocycles. The first-order valence-corrected chi connectivity index (χ1v) is 3.94. The fraction of sp³-hybridized carbons (Fsp3) is 0.167. The second-order valence-corrected chi connectivity index (χ2v) is 2.94. The van der Waals surface area contributed by atoms with Crippen molar-refractivity contribution in [2.45, 2.75) is 6.18 Å². The van der Waals surface area contributed by atoms with Gasteiger partial charge in [-0.1, -0.05) is 0 Å². The molecule has 1 aromatic heterocycles. The normalized spacial score (nSPS) is 11.4. The molecule has 1 N–H and O–H groups in total. The van der Waals surface area contributed by atoms with Crippen molar-refractivity contribution < 1.29 is 23.1 Å². The molecular weight excluding hydrogens is 269 g/mol. The molecule has 76 valence electrons. The number of carbonyl (C=O) groups is 1. The Morgan fingerprint density at radius 1 is 1.43 bits per heavy atom. The third-order valence-corrected chi connectivity index (χ3v) is 1.88. The number of hydrogen-bond acceptors (Lipinski definition) is 3. The van der Waals surface area contributed by atoms with E-state index in [-0.39, 0.29) is 0 Å². The zero-order valence-electron chi connectivity index (χ0n) is 6.34. The van der Waals surface area contributed by atoms with Crippen LogP contribution in [0.2, 0.25) is 0 Å². The lowest BCUT2D eigenvalue weighted by atomic mass is 10.2. The minimum absolute atomic E-state index is 0.396. The van der Waals surface area contributed by atoms with Crippen molar-refractivity contribution in [1.29, 1.82) is 0 Å². The smallest absolute Gasteiger partial charge is 0.434 e. The minimum atomic E-state index is -4.81. The molecule has 0 aliphatic heterocycles. The van der Waals surface area contributed by atoms with Crippen LogP contribution in [0.1, 0.15) is 16.1 Å². The van der Waals surface area contributed by atoms with Crippen molar-refractivity contribution in [2.75, 3.05) is 0 Å². The van der Waals surface area contributed by atoms with Gasteiger partial charge in [0.15, 0.2) is 5.69 Å². The minimum Gasteiger partial charge on any atom is -0.478 e. The number of carboxylic acids is 1. The molecule has 0 unspecified atom stereocenters. The second kappa shape index (κ2) is 3.52. The van der Waals surface area contributed by atoms with Gasteiger partial charge in [-0.2, -0.15) is 13.2 Å². The first-order chi connectivity index (χ1) is 6.34. The number of carboxylic acid groups (broad SMARTS) is 1. The van der Waals surface area contributed by atoms with Crippen LogP contribution in [0.3, 0.4) is 0 Å². The summed E-state index contributed by atoms with van der Waals surface area (Å²) >= 11 is 2.61. The molecule has 8 heteroatoms. The Morgan fingerprint density at radius 3 is 2.36 bits per heavy atom. The van der Waals surface area contributed by atoms with E-state index in [9.17, 15) is 18.0 Å². The van der Waals surface area contributed by atoms with Gasteiger partial charge in [-0.25, -0.2) is 14.8 Å². The van der Waals surface area contributed by atoms with Gasteiger partial charge in [-0.15, -0.1) is 0 Å². The number of halogens is 4. The highest BCUT2D eigenvalue weighted by molar-refractivity contribution is 9.10.